The standard InChI is InChI=1S/C14H15N3O2/c18-11-13-4-2-7-17(13)8-5-14(19)16-10-12-3-1-6-15-9-12/h1-4,6-7,9,11H,5,8,10H2,(H,16,19). The number of carbonyl (C=O) groups is 2. The van der Waals surface area contributed by atoms with Crippen LogP contribution in [-0.2, 0) is 17.9 Å². The van der Waals surface area contributed by atoms with Gasteiger partial charge in [0, 0.05) is 38.1 Å². The summed E-state index contributed by atoms with van der Waals surface area (Å²) < 4.78 is 1.76. The van der Waals surface area contributed by atoms with Crippen molar-refractivity contribution < 1.29 is 9.59 Å². The average Bonchev–Trinajstić information content (AvgIpc) is 2.91. The summed E-state index contributed by atoms with van der Waals surface area (Å²) >= 11 is 0. The molecule has 0 aliphatic heterocycles. The third-order valence-corrected chi connectivity index (χ3v) is 2.78. The van der Waals surface area contributed by atoms with Crippen LogP contribution in [0.4, 0.5) is 0 Å². The molecule has 2 rings (SSSR count). The number of nitrogens with one attached hydrogen (secondary N) is 1. The second-order valence-corrected chi connectivity index (χ2v) is 4.13. The van der Waals surface area contributed by atoms with Crippen molar-refractivity contribution in [3.63, 3.8) is 0 Å². The van der Waals surface area contributed by atoms with Gasteiger partial charge in [0.1, 0.15) is 0 Å². The molecule has 0 bridgehead atoms. The van der Waals surface area contributed by atoms with Crippen molar-refractivity contribution in [2.24, 2.45) is 0 Å². The lowest BCUT2D eigenvalue weighted by Gasteiger charge is -2.07. The topological polar surface area (TPSA) is 64.0 Å². The quantitative estimate of drug-likeness (QED) is 0.796. The number of amides is 1. The summed E-state index contributed by atoms with van der Waals surface area (Å²) in [5.74, 6) is -0.0468. The number of carbonyl (C=O) groups excluding carboxylic acids is 2. The Hall–Kier alpha value is -2.43. The lowest BCUT2D eigenvalue weighted by Crippen LogP contribution is -2.24. The van der Waals surface area contributed by atoms with Crippen LogP contribution in [-0.4, -0.2) is 21.7 Å². The van der Waals surface area contributed by atoms with E-state index >= 15 is 0 Å². The number of pyridine rings is 1. The van der Waals surface area contributed by atoms with Crippen LogP contribution in [0.5, 0.6) is 0 Å². The van der Waals surface area contributed by atoms with Crippen LogP contribution in [0.2, 0.25) is 0 Å². The molecule has 5 heteroatoms. The Balaban J connectivity index is 1.77. The first-order chi connectivity index (χ1) is 9.29. The van der Waals surface area contributed by atoms with E-state index in [9.17, 15) is 9.59 Å². The van der Waals surface area contributed by atoms with Gasteiger partial charge in [-0.05, 0) is 23.8 Å². The van der Waals surface area contributed by atoms with Gasteiger partial charge in [-0.15, -0.1) is 0 Å². The first-order valence-corrected chi connectivity index (χ1v) is 6.05. The molecule has 98 valence electrons. The summed E-state index contributed by atoms with van der Waals surface area (Å²) in [6.07, 6.45) is 6.33. The number of aromatic nitrogens is 2. The predicted octanol–water partition coefficient (Wildman–Crippen LogP) is 1.40. The number of aryl methyl sites for hydroxylation is 1. The highest BCUT2D eigenvalue weighted by Gasteiger charge is 2.04. The fourth-order valence-corrected chi connectivity index (χ4v) is 1.75. The molecule has 0 atom stereocenters. The Kier molecular flexibility index (Phi) is 4.44. The normalized spacial score (nSPS) is 10.1. The summed E-state index contributed by atoms with van der Waals surface area (Å²) in [6.45, 7) is 0.971. The number of aldehydes is 1. The smallest absolute Gasteiger partial charge is 0.222 e. The van der Waals surface area contributed by atoms with E-state index < -0.39 is 0 Å². The second kappa shape index (κ2) is 6.49. The van der Waals surface area contributed by atoms with Gasteiger partial charge < -0.3 is 9.88 Å². The molecule has 0 aliphatic carbocycles. The molecule has 0 unspecified atom stereocenters. The van der Waals surface area contributed by atoms with E-state index in [-0.39, 0.29) is 5.91 Å². The van der Waals surface area contributed by atoms with Gasteiger partial charge in [0.25, 0.3) is 0 Å². The first kappa shape index (κ1) is 13.0. The van der Waals surface area contributed by atoms with Crippen molar-refractivity contribution >= 4 is 12.2 Å². The summed E-state index contributed by atoms with van der Waals surface area (Å²) in [6, 6.07) is 7.25. The molecule has 2 heterocycles. The van der Waals surface area contributed by atoms with Crippen molar-refractivity contribution in [3.05, 3.63) is 54.1 Å². The van der Waals surface area contributed by atoms with Crippen LogP contribution in [0.3, 0.4) is 0 Å². The van der Waals surface area contributed by atoms with Crippen molar-refractivity contribution in [2.45, 2.75) is 19.5 Å². The van der Waals surface area contributed by atoms with Gasteiger partial charge in [-0.1, -0.05) is 6.07 Å². The van der Waals surface area contributed by atoms with Crippen molar-refractivity contribution in [3.8, 4) is 0 Å². The van der Waals surface area contributed by atoms with Crippen LogP contribution in [0.1, 0.15) is 22.5 Å². The van der Waals surface area contributed by atoms with Crippen LogP contribution >= 0.6 is 0 Å². The van der Waals surface area contributed by atoms with Gasteiger partial charge in [-0.3, -0.25) is 14.6 Å². The van der Waals surface area contributed by atoms with Crippen LogP contribution in [0, 0.1) is 0 Å². The Morgan fingerprint density at radius 2 is 2.26 bits per heavy atom. The molecule has 0 spiro atoms. The molecule has 0 aliphatic rings. The fraction of sp³-hybridized carbons (Fsp3) is 0.214. The zero-order valence-electron chi connectivity index (χ0n) is 10.5. The third kappa shape index (κ3) is 3.77. The van der Waals surface area contributed by atoms with Crippen LogP contribution < -0.4 is 5.32 Å². The molecule has 0 radical (unpaired) electrons. The first-order valence-electron chi connectivity index (χ1n) is 6.05. The van der Waals surface area contributed by atoms with Gasteiger partial charge in [0.15, 0.2) is 6.29 Å². The summed E-state index contributed by atoms with van der Waals surface area (Å²) in [4.78, 5) is 26.4. The molecule has 1 amide bonds. The lowest BCUT2D eigenvalue weighted by atomic mass is 10.3. The highest BCUT2D eigenvalue weighted by Crippen LogP contribution is 2.01. The van der Waals surface area contributed by atoms with Gasteiger partial charge in [0.2, 0.25) is 5.91 Å². The Labute approximate surface area is 111 Å². The van der Waals surface area contributed by atoms with E-state index in [1.165, 1.54) is 0 Å². The van der Waals surface area contributed by atoms with Gasteiger partial charge in [-0.25, -0.2) is 0 Å². The zero-order valence-corrected chi connectivity index (χ0v) is 10.5. The van der Waals surface area contributed by atoms with Gasteiger partial charge >= 0.3 is 0 Å². The summed E-state index contributed by atoms with van der Waals surface area (Å²) in [5, 5.41) is 2.82. The molecule has 1 N–H and O–H groups in total. The highest BCUT2D eigenvalue weighted by atomic mass is 16.1. The molecule has 19 heavy (non-hydrogen) atoms. The van der Waals surface area contributed by atoms with E-state index in [1.54, 1.807) is 35.3 Å². The van der Waals surface area contributed by atoms with Crippen LogP contribution in [0.25, 0.3) is 0 Å². The van der Waals surface area contributed by atoms with Crippen molar-refractivity contribution in [2.75, 3.05) is 0 Å². The minimum Gasteiger partial charge on any atom is -0.352 e. The monoisotopic (exact) mass is 257 g/mol. The molecular formula is C14H15N3O2. The largest absolute Gasteiger partial charge is 0.352 e. The Bertz CT molecular complexity index is 549. The summed E-state index contributed by atoms with van der Waals surface area (Å²) in [5.41, 5.74) is 1.55. The van der Waals surface area contributed by atoms with E-state index in [1.807, 2.05) is 12.1 Å². The third-order valence-electron chi connectivity index (χ3n) is 2.78. The Morgan fingerprint density at radius 3 is 3.00 bits per heavy atom. The maximum atomic E-state index is 11.7. The number of hydrogen-bond acceptors (Lipinski definition) is 3. The molecule has 5 nitrogen and oxygen atoms in total. The maximum Gasteiger partial charge on any atom is 0.222 e. The SMILES string of the molecule is O=Cc1cccn1CCC(=O)NCc1cccnc1. The van der Waals surface area contributed by atoms with E-state index in [0.29, 0.717) is 25.2 Å². The number of hydrogen-bond donors (Lipinski definition) is 1. The minimum atomic E-state index is -0.0468. The van der Waals surface area contributed by atoms with E-state index in [0.717, 1.165) is 11.8 Å². The Morgan fingerprint density at radius 1 is 1.37 bits per heavy atom. The van der Waals surface area contributed by atoms with Crippen molar-refractivity contribution in [1.29, 1.82) is 0 Å². The zero-order chi connectivity index (χ0) is 13.5. The maximum absolute atomic E-state index is 11.7. The molecule has 0 fully saturated rings. The van der Waals surface area contributed by atoms with Crippen molar-refractivity contribution in [1.82, 2.24) is 14.9 Å². The lowest BCUT2D eigenvalue weighted by molar-refractivity contribution is -0.121. The predicted molar refractivity (Wildman–Crippen MR) is 70.5 cm³/mol. The molecular weight excluding hydrogens is 242 g/mol. The number of nitrogens with zero attached hydrogens (tertiary/aromatic N) is 2. The minimum absolute atomic E-state index is 0.0468. The molecule has 0 saturated heterocycles. The highest BCUT2D eigenvalue weighted by molar-refractivity contribution is 5.76. The molecule has 2 aromatic rings. The van der Waals surface area contributed by atoms with E-state index in [2.05, 4.69) is 10.3 Å². The van der Waals surface area contributed by atoms with Gasteiger partial charge in [0.05, 0.1) is 5.69 Å². The number of rotatable bonds is 6. The average molecular weight is 257 g/mol. The second-order valence-electron chi connectivity index (χ2n) is 4.13. The molecule has 0 aromatic carbocycles. The fourth-order valence-electron chi connectivity index (χ4n) is 1.75. The molecule has 0 saturated carbocycles. The van der Waals surface area contributed by atoms with Gasteiger partial charge in [-0.2, -0.15) is 0 Å². The summed E-state index contributed by atoms with van der Waals surface area (Å²) in [7, 11) is 0. The van der Waals surface area contributed by atoms with E-state index in [4.69, 9.17) is 0 Å². The molecule has 2 aromatic heterocycles. The van der Waals surface area contributed by atoms with Crippen LogP contribution in [0.15, 0.2) is 42.9 Å².